The third-order valence-corrected chi connectivity index (χ3v) is 1.72. The molecule has 60 valence electrons. The zero-order chi connectivity index (χ0) is 8.43. The van der Waals surface area contributed by atoms with Crippen LogP contribution in [0.5, 0.6) is 0 Å². The Hall–Kier alpha value is -0.890. The molecule has 0 aliphatic rings. The predicted octanol–water partition coefficient (Wildman–Crippen LogP) is 2.15. The molecule has 0 bridgehead atoms. The highest BCUT2D eigenvalue weighted by atomic mass is 19.1. The molecule has 1 nitrogen and oxygen atoms in total. The van der Waals surface area contributed by atoms with Crippen molar-refractivity contribution in [3.8, 4) is 0 Å². The molecule has 0 spiro atoms. The lowest BCUT2D eigenvalue weighted by Crippen LogP contribution is -2.06. The van der Waals surface area contributed by atoms with Crippen molar-refractivity contribution in [3.05, 3.63) is 35.1 Å². The molecule has 1 aromatic rings. The van der Waals surface area contributed by atoms with Gasteiger partial charge in [0.2, 0.25) is 0 Å². The van der Waals surface area contributed by atoms with E-state index in [0.29, 0.717) is 0 Å². The van der Waals surface area contributed by atoms with Crippen molar-refractivity contribution < 1.29 is 4.39 Å². The summed E-state index contributed by atoms with van der Waals surface area (Å²) in [6, 6.07) is 4.65. The molecule has 2 N–H and O–H groups in total. The Morgan fingerprint density at radius 3 is 2.55 bits per heavy atom. The van der Waals surface area contributed by atoms with Gasteiger partial charge in [-0.1, -0.05) is 6.07 Å². The van der Waals surface area contributed by atoms with Crippen LogP contribution in [0, 0.1) is 12.7 Å². The molecule has 0 aliphatic heterocycles. The molecule has 0 amide bonds. The molecule has 0 saturated carbocycles. The fourth-order valence-electron chi connectivity index (χ4n) is 1.15. The highest BCUT2D eigenvalue weighted by molar-refractivity contribution is 5.28. The largest absolute Gasteiger partial charge is 0.324 e. The summed E-state index contributed by atoms with van der Waals surface area (Å²) in [4.78, 5) is 0. The van der Waals surface area contributed by atoms with Crippen molar-refractivity contribution in [2.75, 3.05) is 0 Å². The summed E-state index contributed by atoms with van der Waals surface area (Å²) >= 11 is 0. The Bertz CT molecular complexity index is 256. The van der Waals surface area contributed by atoms with E-state index in [-0.39, 0.29) is 11.9 Å². The van der Waals surface area contributed by atoms with Gasteiger partial charge in [-0.25, -0.2) is 4.39 Å². The fraction of sp³-hybridized carbons (Fsp3) is 0.333. The van der Waals surface area contributed by atoms with Crippen molar-refractivity contribution in [1.29, 1.82) is 0 Å². The van der Waals surface area contributed by atoms with Crippen LogP contribution in [0.25, 0.3) is 0 Å². The van der Waals surface area contributed by atoms with Gasteiger partial charge >= 0.3 is 0 Å². The van der Waals surface area contributed by atoms with Gasteiger partial charge in [-0.15, -0.1) is 0 Å². The monoisotopic (exact) mass is 153 g/mol. The first kappa shape index (κ1) is 8.21. The minimum atomic E-state index is -0.202. The number of halogens is 1. The van der Waals surface area contributed by atoms with Crippen LogP contribution in [0.15, 0.2) is 18.2 Å². The summed E-state index contributed by atoms with van der Waals surface area (Å²) in [6.07, 6.45) is 0. The highest BCUT2D eigenvalue weighted by Crippen LogP contribution is 2.15. The summed E-state index contributed by atoms with van der Waals surface area (Å²) in [7, 11) is 0. The van der Waals surface area contributed by atoms with E-state index >= 15 is 0 Å². The van der Waals surface area contributed by atoms with Crippen molar-refractivity contribution in [1.82, 2.24) is 0 Å². The molecule has 0 radical (unpaired) electrons. The number of hydrogen-bond acceptors (Lipinski definition) is 1. The normalized spacial score (nSPS) is 13.1. The second-order valence-corrected chi connectivity index (χ2v) is 2.79. The van der Waals surface area contributed by atoms with Crippen LogP contribution >= 0.6 is 0 Å². The first-order chi connectivity index (χ1) is 5.11. The molecule has 0 fully saturated rings. The Kier molecular flexibility index (Phi) is 2.25. The summed E-state index contributed by atoms with van der Waals surface area (Å²) in [5.41, 5.74) is 7.56. The van der Waals surface area contributed by atoms with E-state index in [0.717, 1.165) is 11.1 Å². The lowest BCUT2D eigenvalue weighted by atomic mass is 10.0. The minimum absolute atomic E-state index is 0.0180. The molecule has 2 heteroatoms. The van der Waals surface area contributed by atoms with E-state index in [2.05, 4.69) is 0 Å². The molecular weight excluding hydrogens is 141 g/mol. The van der Waals surface area contributed by atoms with Crippen LogP contribution in [-0.4, -0.2) is 0 Å². The maximum absolute atomic E-state index is 12.6. The molecular formula is C9H12FN. The van der Waals surface area contributed by atoms with Gasteiger partial charge in [0.15, 0.2) is 0 Å². The second-order valence-electron chi connectivity index (χ2n) is 2.79. The van der Waals surface area contributed by atoms with Gasteiger partial charge in [-0.3, -0.25) is 0 Å². The van der Waals surface area contributed by atoms with Crippen molar-refractivity contribution in [2.24, 2.45) is 5.73 Å². The summed E-state index contributed by atoms with van der Waals surface area (Å²) < 4.78 is 12.6. The standard InChI is InChI=1S/C9H12FN/c1-6-5-8(10)3-4-9(6)7(2)11/h3-5,7H,11H2,1-2H3. The number of hydrogen-bond donors (Lipinski definition) is 1. The van der Waals surface area contributed by atoms with Crippen LogP contribution < -0.4 is 5.73 Å². The second kappa shape index (κ2) is 3.01. The average Bonchev–Trinajstić information content (AvgIpc) is 1.85. The molecule has 1 atom stereocenters. The van der Waals surface area contributed by atoms with Gasteiger partial charge in [0.25, 0.3) is 0 Å². The average molecular weight is 153 g/mol. The van der Waals surface area contributed by atoms with Gasteiger partial charge in [0, 0.05) is 6.04 Å². The van der Waals surface area contributed by atoms with Crippen LogP contribution in [0.2, 0.25) is 0 Å². The maximum atomic E-state index is 12.6. The SMILES string of the molecule is Cc1cc(F)ccc1C(C)N. The zero-order valence-electron chi connectivity index (χ0n) is 6.76. The smallest absolute Gasteiger partial charge is 0.123 e. The Labute approximate surface area is 66.0 Å². The lowest BCUT2D eigenvalue weighted by molar-refractivity contribution is 0.624. The lowest BCUT2D eigenvalue weighted by Gasteiger charge is -2.08. The molecule has 0 saturated heterocycles. The molecule has 0 aliphatic carbocycles. The quantitative estimate of drug-likeness (QED) is 0.657. The van der Waals surface area contributed by atoms with Crippen LogP contribution in [0.4, 0.5) is 4.39 Å². The summed E-state index contributed by atoms with van der Waals surface area (Å²) in [5.74, 6) is -0.202. The highest BCUT2D eigenvalue weighted by Gasteiger charge is 2.02. The molecule has 1 unspecified atom stereocenters. The predicted molar refractivity (Wildman–Crippen MR) is 43.7 cm³/mol. The van der Waals surface area contributed by atoms with Crippen LogP contribution in [-0.2, 0) is 0 Å². The van der Waals surface area contributed by atoms with E-state index in [4.69, 9.17) is 5.73 Å². The Balaban J connectivity index is 3.09. The third-order valence-electron chi connectivity index (χ3n) is 1.72. The van der Waals surface area contributed by atoms with E-state index in [1.54, 1.807) is 6.07 Å². The number of nitrogens with two attached hydrogens (primary N) is 1. The zero-order valence-corrected chi connectivity index (χ0v) is 6.76. The molecule has 1 rings (SSSR count). The summed E-state index contributed by atoms with van der Waals surface area (Å²) in [6.45, 7) is 3.75. The minimum Gasteiger partial charge on any atom is -0.324 e. The third kappa shape index (κ3) is 1.77. The van der Waals surface area contributed by atoms with Gasteiger partial charge < -0.3 is 5.73 Å². The first-order valence-electron chi connectivity index (χ1n) is 3.63. The topological polar surface area (TPSA) is 26.0 Å². The summed E-state index contributed by atoms with van der Waals surface area (Å²) in [5, 5.41) is 0. The molecule has 0 heterocycles. The van der Waals surface area contributed by atoms with Gasteiger partial charge in [-0.05, 0) is 37.1 Å². The van der Waals surface area contributed by atoms with Crippen molar-refractivity contribution in [3.63, 3.8) is 0 Å². The van der Waals surface area contributed by atoms with Crippen molar-refractivity contribution >= 4 is 0 Å². The van der Waals surface area contributed by atoms with E-state index in [9.17, 15) is 4.39 Å². The van der Waals surface area contributed by atoms with Crippen LogP contribution in [0.1, 0.15) is 24.1 Å². The van der Waals surface area contributed by atoms with Crippen molar-refractivity contribution in [2.45, 2.75) is 19.9 Å². The van der Waals surface area contributed by atoms with Gasteiger partial charge in [-0.2, -0.15) is 0 Å². The van der Waals surface area contributed by atoms with Gasteiger partial charge in [0.05, 0.1) is 0 Å². The molecule has 1 aromatic carbocycles. The first-order valence-corrected chi connectivity index (χ1v) is 3.63. The molecule has 11 heavy (non-hydrogen) atoms. The van der Waals surface area contributed by atoms with Crippen LogP contribution in [0.3, 0.4) is 0 Å². The molecule has 0 aromatic heterocycles. The number of aryl methyl sites for hydroxylation is 1. The fourth-order valence-corrected chi connectivity index (χ4v) is 1.15. The Morgan fingerprint density at radius 2 is 2.09 bits per heavy atom. The number of benzene rings is 1. The van der Waals surface area contributed by atoms with E-state index < -0.39 is 0 Å². The maximum Gasteiger partial charge on any atom is 0.123 e. The van der Waals surface area contributed by atoms with E-state index in [1.165, 1.54) is 12.1 Å². The van der Waals surface area contributed by atoms with Gasteiger partial charge in [0.1, 0.15) is 5.82 Å². The number of rotatable bonds is 1. The van der Waals surface area contributed by atoms with E-state index in [1.807, 2.05) is 13.8 Å². The Morgan fingerprint density at radius 1 is 1.45 bits per heavy atom.